The summed E-state index contributed by atoms with van der Waals surface area (Å²) in [6, 6.07) is 14.7. The molecule has 0 atom stereocenters. The number of primary amides is 2. The molecular formula is C19H23BrN2O4S2. The Bertz CT molecular complexity index is 805. The highest BCUT2D eigenvalue weighted by atomic mass is 79.9. The second kappa shape index (κ2) is 14.8. The van der Waals surface area contributed by atoms with Crippen LogP contribution in [-0.4, -0.2) is 21.4 Å². The number of carbonyl (C=O) groups is 3. The van der Waals surface area contributed by atoms with E-state index in [-0.39, 0.29) is 28.5 Å². The van der Waals surface area contributed by atoms with Crippen LogP contribution in [0.5, 0.6) is 0 Å². The zero-order valence-electron chi connectivity index (χ0n) is 15.3. The molecule has 0 aliphatic heterocycles. The van der Waals surface area contributed by atoms with E-state index in [1.807, 2.05) is 44.2 Å². The molecule has 2 rings (SSSR count). The van der Waals surface area contributed by atoms with Crippen LogP contribution in [0, 0.1) is 13.8 Å². The molecule has 0 unspecified atom stereocenters. The number of ketones is 1. The lowest BCUT2D eigenvalue weighted by Gasteiger charge is -2.02. The fourth-order valence-corrected chi connectivity index (χ4v) is 1.81. The number of aliphatic hydroxyl groups excluding tert-OH is 1. The summed E-state index contributed by atoms with van der Waals surface area (Å²) >= 11 is 6.21. The SMILES string of the molecule is Br.Cc1ccc(C(=O)C=C(O)c2cccc(C)c2)cc1.NC(=O)S.NC(=O)S. The number of rotatable bonds is 3. The molecule has 0 aliphatic rings. The predicted octanol–water partition coefficient (Wildman–Crippen LogP) is 4.65. The summed E-state index contributed by atoms with van der Waals surface area (Å²) in [4.78, 5) is 30.2. The number of hydrogen-bond acceptors (Lipinski definition) is 4. The lowest BCUT2D eigenvalue weighted by molar-refractivity contribution is 0.104. The summed E-state index contributed by atoms with van der Waals surface area (Å²) in [7, 11) is 0. The number of aryl methyl sites for hydroxylation is 2. The fourth-order valence-electron chi connectivity index (χ4n) is 1.81. The molecule has 0 heterocycles. The maximum atomic E-state index is 12.0. The standard InChI is InChI=1S/C17H16O2.2CH3NOS.BrH/c1-12-6-8-14(9-7-12)16(18)11-17(19)15-5-3-4-13(2)10-15;2*2-1(3)4;/h3-11,19H,1-2H3;2*(H3,2,3,4);1H. The molecule has 2 amide bonds. The third-order valence-corrected chi connectivity index (χ3v) is 2.92. The summed E-state index contributed by atoms with van der Waals surface area (Å²) in [5.41, 5.74) is 12.0. The van der Waals surface area contributed by atoms with Gasteiger partial charge in [-0.2, -0.15) is 0 Å². The maximum Gasteiger partial charge on any atom is 0.273 e. The minimum Gasteiger partial charge on any atom is -0.507 e. The van der Waals surface area contributed by atoms with Crippen LogP contribution in [0.2, 0.25) is 0 Å². The van der Waals surface area contributed by atoms with Crippen LogP contribution >= 0.6 is 42.2 Å². The van der Waals surface area contributed by atoms with Gasteiger partial charge in [0.1, 0.15) is 5.76 Å². The molecule has 0 fully saturated rings. The van der Waals surface area contributed by atoms with E-state index in [9.17, 15) is 9.90 Å². The quantitative estimate of drug-likeness (QED) is 0.187. The highest BCUT2D eigenvalue weighted by Crippen LogP contribution is 2.14. The molecule has 9 heteroatoms. The van der Waals surface area contributed by atoms with Gasteiger partial charge >= 0.3 is 0 Å². The van der Waals surface area contributed by atoms with Crippen molar-refractivity contribution in [1.82, 2.24) is 0 Å². The van der Waals surface area contributed by atoms with Gasteiger partial charge in [0.05, 0.1) is 0 Å². The summed E-state index contributed by atoms with van der Waals surface area (Å²) < 4.78 is 0. The van der Waals surface area contributed by atoms with Crippen LogP contribution in [0.4, 0.5) is 9.59 Å². The van der Waals surface area contributed by atoms with E-state index in [0.717, 1.165) is 11.1 Å². The first-order valence-corrected chi connectivity index (χ1v) is 8.48. The van der Waals surface area contributed by atoms with Gasteiger partial charge in [-0.25, -0.2) is 0 Å². The van der Waals surface area contributed by atoms with E-state index >= 15 is 0 Å². The van der Waals surface area contributed by atoms with Gasteiger partial charge in [0.25, 0.3) is 10.5 Å². The second-order valence-electron chi connectivity index (χ2n) is 5.31. The molecule has 0 aliphatic carbocycles. The van der Waals surface area contributed by atoms with E-state index in [1.165, 1.54) is 6.08 Å². The number of nitrogens with two attached hydrogens (primary N) is 2. The molecule has 0 aromatic heterocycles. The van der Waals surface area contributed by atoms with E-state index in [4.69, 9.17) is 9.59 Å². The van der Waals surface area contributed by atoms with Gasteiger partial charge in [-0.05, 0) is 19.9 Å². The normalized spacial score (nSPS) is 9.50. The Morgan fingerprint density at radius 1 is 0.857 bits per heavy atom. The number of hydrogen-bond donors (Lipinski definition) is 5. The Kier molecular flexibility index (Phi) is 14.8. The first-order valence-electron chi connectivity index (χ1n) is 7.58. The lowest BCUT2D eigenvalue weighted by atomic mass is 10.1. The van der Waals surface area contributed by atoms with Crippen LogP contribution in [0.1, 0.15) is 27.0 Å². The topological polar surface area (TPSA) is 123 Å². The van der Waals surface area contributed by atoms with E-state index in [1.54, 1.807) is 18.2 Å². The molecule has 0 saturated carbocycles. The number of allylic oxidation sites excluding steroid dienone is 1. The average Bonchev–Trinajstić information content (AvgIpc) is 2.54. The average molecular weight is 487 g/mol. The Morgan fingerprint density at radius 2 is 1.32 bits per heavy atom. The van der Waals surface area contributed by atoms with Crippen molar-refractivity contribution in [2.45, 2.75) is 13.8 Å². The van der Waals surface area contributed by atoms with Crippen molar-refractivity contribution >= 4 is 64.3 Å². The van der Waals surface area contributed by atoms with E-state index in [0.29, 0.717) is 11.1 Å². The summed E-state index contributed by atoms with van der Waals surface area (Å²) in [5.74, 6) is -0.201. The third-order valence-electron chi connectivity index (χ3n) is 2.92. The fraction of sp³-hybridized carbons (Fsp3) is 0.105. The zero-order valence-corrected chi connectivity index (χ0v) is 18.8. The highest BCUT2D eigenvalue weighted by Gasteiger charge is 2.06. The molecule has 2 aromatic rings. The van der Waals surface area contributed by atoms with E-state index < -0.39 is 10.5 Å². The first-order chi connectivity index (χ1) is 12.5. The van der Waals surface area contributed by atoms with Crippen molar-refractivity contribution < 1.29 is 19.5 Å². The minimum absolute atomic E-state index is 0. The summed E-state index contributed by atoms with van der Waals surface area (Å²) in [6.07, 6.45) is 1.26. The minimum atomic E-state index is -0.639. The van der Waals surface area contributed by atoms with Gasteiger partial charge in [-0.3, -0.25) is 14.4 Å². The molecule has 6 nitrogen and oxygen atoms in total. The Hall–Kier alpha value is -2.23. The highest BCUT2D eigenvalue weighted by molar-refractivity contribution is 8.93. The third kappa shape index (κ3) is 13.9. The monoisotopic (exact) mass is 486 g/mol. The number of benzene rings is 2. The van der Waals surface area contributed by atoms with Crippen molar-refractivity contribution in [3.8, 4) is 0 Å². The Labute approximate surface area is 185 Å². The van der Waals surface area contributed by atoms with Gasteiger partial charge in [0, 0.05) is 17.2 Å². The number of halogens is 1. The smallest absolute Gasteiger partial charge is 0.273 e. The van der Waals surface area contributed by atoms with Gasteiger partial charge < -0.3 is 16.6 Å². The lowest BCUT2D eigenvalue weighted by Crippen LogP contribution is -1.96. The van der Waals surface area contributed by atoms with Crippen LogP contribution in [0.25, 0.3) is 5.76 Å². The molecule has 0 bridgehead atoms. The Morgan fingerprint density at radius 3 is 1.75 bits per heavy atom. The first kappa shape index (κ1) is 28.0. The summed E-state index contributed by atoms with van der Waals surface area (Å²) in [5, 5.41) is 8.69. The number of amides is 2. The maximum absolute atomic E-state index is 12.0. The van der Waals surface area contributed by atoms with Gasteiger partial charge in [0.15, 0.2) is 5.78 Å². The van der Waals surface area contributed by atoms with Crippen LogP contribution in [0.3, 0.4) is 0 Å². The van der Waals surface area contributed by atoms with Gasteiger partial charge in [0.2, 0.25) is 0 Å². The largest absolute Gasteiger partial charge is 0.507 e. The Balaban J connectivity index is 0. The zero-order chi connectivity index (χ0) is 21.0. The van der Waals surface area contributed by atoms with Crippen molar-refractivity contribution in [3.63, 3.8) is 0 Å². The molecule has 0 saturated heterocycles. The molecule has 0 radical (unpaired) electrons. The van der Waals surface area contributed by atoms with Crippen molar-refractivity contribution in [3.05, 3.63) is 76.9 Å². The van der Waals surface area contributed by atoms with Gasteiger partial charge in [-0.15, -0.1) is 17.0 Å². The number of aliphatic hydroxyl groups is 1. The molecule has 28 heavy (non-hydrogen) atoms. The molecule has 5 N–H and O–H groups in total. The van der Waals surface area contributed by atoms with E-state index in [2.05, 4.69) is 36.7 Å². The summed E-state index contributed by atoms with van der Waals surface area (Å²) in [6.45, 7) is 3.91. The molecule has 152 valence electrons. The van der Waals surface area contributed by atoms with Crippen molar-refractivity contribution in [2.24, 2.45) is 11.5 Å². The molecule has 0 spiro atoms. The predicted molar refractivity (Wildman–Crippen MR) is 125 cm³/mol. The number of thiol groups is 2. The van der Waals surface area contributed by atoms with Crippen LogP contribution in [-0.2, 0) is 0 Å². The van der Waals surface area contributed by atoms with Crippen LogP contribution in [0.15, 0.2) is 54.6 Å². The van der Waals surface area contributed by atoms with Crippen molar-refractivity contribution in [2.75, 3.05) is 0 Å². The molecule has 2 aromatic carbocycles. The van der Waals surface area contributed by atoms with Crippen LogP contribution < -0.4 is 11.5 Å². The van der Waals surface area contributed by atoms with Gasteiger partial charge in [-0.1, -0.05) is 78.8 Å². The number of carbonyl (C=O) groups excluding carboxylic acids is 3. The second-order valence-corrected chi connectivity index (χ2v) is 6.19. The molecular weight excluding hydrogens is 464 g/mol. The van der Waals surface area contributed by atoms with Crippen molar-refractivity contribution in [1.29, 1.82) is 0 Å².